The van der Waals surface area contributed by atoms with Gasteiger partial charge in [-0.05, 0) is 26.8 Å². The third kappa shape index (κ3) is 7.13. The van der Waals surface area contributed by atoms with Crippen LogP contribution in [0.1, 0.15) is 26.3 Å². The van der Waals surface area contributed by atoms with Crippen molar-refractivity contribution < 1.29 is 17.9 Å². The van der Waals surface area contributed by atoms with Gasteiger partial charge >= 0.3 is 0 Å². The van der Waals surface area contributed by atoms with Crippen molar-refractivity contribution in [3.63, 3.8) is 0 Å². The molecule has 0 amide bonds. The summed E-state index contributed by atoms with van der Waals surface area (Å²) in [5.74, 6) is 1.34. The van der Waals surface area contributed by atoms with Crippen LogP contribution in [0.25, 0.3) is 0 Å². The van der Waals surface area contributed by atoms with E-state index < -0.39 is 10.0 Å². The maximum absolute atomic E-state index is 12.5. The van der Waals surface area contributed by atoms with Crippen LogP contribution in [0.5, 0.6) is 5.88 Å². The monoisotopic (exact) mass is 427 g/mol. The predicted molar refractivity (Wildman–Crippen MR) is 114 cm³/mol. The topological polar surface area (TPSA) is 96.4 Å². The molecule has 0 aromatic carbocycles. The molecule has 1 fully saturated rings. The van der Waals surface area contributed by atoms with Crippen molar-refractivity contribution in [1.82, 2.24) is 19.5 Å². The molecule has 1 saturated heterocycles. The minimum absolute atomic E-state index is 0.0140. The van der Waals surface area contributed by atoms with E-state index >= 15 is 0 Å². The summed E-state index contributed by atoms with van der Waals surface area (Å²) >= 11 is 0. The van der Waals surface area contributed by atoms with Crippen molar-refractivity contribution >= 4 is 16.0 Å². The molecule has 0 saturated carbocycles. The first-order chi connectivity index (χ1) is 13.9. The molecule has 0 atom stereocenters. The molecule has 9 nitrogen and oxygen atoms in total. The normalized spacial score (nSPS) is 16.3. The van der Waals surface area contributed by atoms with Gasteiger partial charge in [-0.1, -0.05) is 6.07 Å². The highest BCUT2D eigenvalue weighted by Gasteiger charge is 2.28. The Morgan fingerprint density at radius 1 is 1.31 bits per heavy atom. The van der Waals surface area contributed by atoms with Crippen molar-refractivity contribution in [2.75, 3.05) is 52.2 Å². The van der Waals surface area contributed by atoms with Gasteiger partial charge in [-0.25, -0.2) is 18.4 Å². The van der Waals surface area contributed by atoms with Gasteiger partial charge in [0.25, 0.3) is 0 Å². The lowest BCUT2D eigenvalue weighted by Crippen LogP contribution is -2.54. The summed E-state index contributed by atoms with van der Waals surface area (Å²) in [6.45, 7) is 9.23. The molecule has 0 unspecified atom stereocenters. The number of hydrogen-bond acceptors (Lipinski definition) is 6. The second-order valence-electron chi connectivity index (χ2n) is 6.96. The molecular weight excluding hydrogens is 394 g/mol. The van der Waals surface area contributed by atoms with Crippen molar-refractivity contribution in [1.29, 1.82) is 0 Å². The van der Waals surface area contributed by atoms with Gasteiger partial charge in [-0.15, -0.1) is 0 Å². The average Bonchev–Trinajstić information content (AvgIpc) is 2.71. The van der Waals surface area contributed by atoms with Gasteiger partial charge in [-0.2, -0.15) is 4.31 Å². The fraction of sp³-hybridized carbons (Fsp3) is 0.684. The quantitative estimate of drug-likeness (QED) is 0.463. The molecule has 2 heterocycles. The number of methoxy groups -OCH3 is 1. The summed E-state index contributed by atoms with van der Waals surface area (Å²) in [6, 6.07) is 3.79. The first-order valence-electron chi connectivity index (χ1n) is 9.98. The Balaban J connectivity index is 1.97. The van der Waals surface area contributed by atoms with Crippen molar-refractivity contribution in [2.24, 2.45) is 4.99 Å². The second-order valence-corrected chi connectivity index (χ2v) is 9.05. The molecule has 0 spiro atoms. The van der Waals surface area contributed by atoms with Crippen LogP contribution in [0, 0.1) is 0 Å². The largest absolute Gasteiger partial charge is 0.481 e. The highest BCUT2D eigenvalue weighted by Crippen LogP contribution is 2.15. The summed E-state index contributed by atoms with van der Waals surface area (Å²) < 4.78 is 37.2. The Bertz CT molecular complexity index is 762. The molecule has 0 bridgehead atoms. The third-order valence-electron chi connectivity index (χ3n) is 4.50. The average molecular weight is 428 g/mol. The molecule has 10 heteroatoms. The van der Waals surface area contributed by atoms with Gasteiger partial charge in [0, 0.05) is 44.5 Å². The molecule has 2 rings (SSSR count). The standard InChI is InChI=1S/C19H33N5O4S/c1-5-20-19(22-15-17-7-6-8-21-18(17)27-4)23-9-11-24(12-10-23)29(25,26)14-13-28-16(2)3/h6-8,16H,5,9-15H2,1-4H3,(H,20,22). The van der Waals surface area contributed by atoms with E-state index in [1.165, 1.54) is 0 Å². The van der Waals surface area contributed by atoms with Crippen LogP contribution in [0.4, 0.5) is 0 Å². The maximum atomic E-state index is 12.5. The van der Waals surface area contributed by atoms with Crippen LogP contribution in [0.2, 0.25) is 0 Å². The van der Waals surface area contributed by atoms with Gasteiger partial charge in [0.15, 0.2) is 5.96 Å². The second kappa shape index (κ2) is 11.3. The van der Waals surface area contributed by atoms with Crippen LogP contribution >= 0.6 is 0 Å². The van der Waals surface area contributed by atoms with E-state index in [-0.39, 0.29) is 18.5 Å². The molecule has 164 valence electrons. The number of aromatic nitrogens is 1. The van der Waals surface area contributed by atoms with Crippen molar-refractivity contribution in [3.05, 3.63) is 23.9 Å². The summed E-state index contributed by atoms with van der Waals surface area (Å²) in [5, 5.41) is 3.29. The maximum Gasteiger partial charge on any atom is 0.218 e. The smallest absolute Gasteiger partial charge is 0.218 e. The van der Waals surface area contributed by atoms with Gasteiger partial charge in [-0.3, -0.25) is 0 Å². The fourth-order valence-electron chi connectivity index (χ4n) is 3.01. The lowest BCUT2D eigenvalue weighted by Gasteiger charge is -2.36. The number of aliphatic imine (C=N–C) groups is 1. The Kier molecular flexibility index (Phi) is 9.12. The molecule has 29 heavy (non-hydrogen) atoms. The van der Waals surface area contributed by atoms with Crippen molar-refractivity contribution in [3.8, 4) is 5.88 Å². The number of sulfonamides is 1. The number of ether oxygens (including phenoxy) is 2. The number of piperazine rings is 1. The lowest BCUT2D eigenvalue weighted by molar-refractivity contribution is 0.0904. The molecular formula is C19H33N5O4S. The summed E-state index contributed by atoms with van der Waals surface area (Å²) in [5.41, 5.74) is 0.900. The van der Waals surface area contributed by atoms with E-state index in [9.17, 15) is 8.42 Å². The van der Waals surface area contributed by atoms with Crippen LogP contribution in [-0.4, -0.2) is 86.9 Å². The van der Waals surface area contributed by atoms with E-state index in [2.05, 4.69) is 15.2 Å². The SMILES string of the molecule is CCNC(=NCc1cccnc1OC)N1CCN(S(=O)(=O)CCOC(C)C)CC1. The number of nitrogens with zero attached hydrogens (tertiary/aromatic N) is 4. The van der Waals surface area contributed by atoms with Crippen LogP contribution in [0.15, 0.2) is 23.3 Å². The van der Waals surface area contributed by atoms with Gasteiger partial charge < -0.3 is 19.7 Å². The molecule has 1 aromatic heterocycles. The number of nitrogens with one attached hydrogen (secondary N) is 1. The third-order valence-corrected chi connectivity index (χ3v) is 6.34. The van der Waals surface area contributed by atoms with Crippen molar-refractivity contribution in [2.45, 2.75) is 33.4 Å². The van der Waals surface area contributed by atoms with E-state index in [0.29, 0.717) is 38.6 Å². The molecule has 1 aromatic rings. The van der Waals surface area contributed by atoms with Crippen LogP contribution in [0.3, 0.4) is 0 Å². The van der Waals surface area contributed by atoms with Gasteiger partial charge in [0.1, 0.15) is 0 Å². The van der Waals surface area contributed by atoms with Gasteiger partial charge in [0.05, 0.1) is 32.1 Å². The van der Waals surface area contributed by atoms with E-state index in [1.54, 1.807) is 17.6 Å². The lowest BCUT2D eigenvalue weighted by atomic mass is 10.3. The minimum Gasteiger partial charge on any atom is -0.481 e. The Morgan fingerprint density at radius 2 is 2.03 bits per heavy atom. The predicted octanol–water partition coefficient (Wildman–Crippen LogP) is 0.928. The number of guanidine groups is 1. The number of rotatable bonds is 9. The van der Waals surface area contributed by atoms with Gasteiger partial charge in [0.2, 0.25) is 15.9 Å². The molecule has 0 aliphatic carbocycles. The summed E-state index contributed by atoms with van der Waals surface area (Å²) in [6.07, 6.45) is 1.71. The summed E-state index contributed by atoms with van der Waals surface area (Å²) in [7, 11) is -1.72. The first kappa shape index (κ1) is 23.4. The molecule has 1 aliphatic heterocycles. The number of pyridine rings is 1. The van der Waals surface area contributed by atoms with E-state index in [1.807, 2.05) is 32.9 Å². The Morgan fingerprint density at radius 3 is 2.66 bits per heavy atom. The summed E-state index contributed by atoms with van der Waals surface area (Å²) in [4.78, 5) is 11.0. The van der Waals surface area contributed by atoms with E-state index in [4.69, 9.17) is 14.5 Å². The number of hydrogen-bond donors (Lipinski definition) is 1. The molecule has 1 aliphatic rings. The molecule has 1 N–H and O–H groups in total. The van der Waals surface area contributed by atoms with Crippen LogP contribution < -0.4 is 10.1 Å². The minimum atomic E-state index is -3.31. The van der Waals surface area contributed by atoms with Crippen LogP contribution in [-0.2, 0) is 21.3 Å². The molecule has 0 radical (unpaired) electrons. The zero-order valence-corrected chi connectivity index (χ0v) is 18.6. The Hall–Kier alpha value is -1.91. The first-order valence-corrected chi connectivity index (χ1v) is 11.6. The highest BCUT2D eigenvalue weighted by atomic mass is 32.2. The highest BCUT2D eigenvalue weighted by molar-refractivity contribution is 7.89. The Labute approximate surface area is 174 Å². The zero-order chi connectivity index (χ0) is 21.3. The fourth-order valence-corrected chi connectivity index (χ4v) is 4.30. The zero-order valence-electron chi connectivity index (χ0n) is 17.8. The van der Waals surface area contributed by atoms with E-state index in [0.717, 1.165) is 18.1 Å².